The largest absolute Gasteiger partial charge is 0.478 e. The van der Waals surface area contributed by atoms with Gasteiger partial charge < -0.3 is 10.2 Å². The molecule has 0 unspecified atom stereocenters. The van der Waals surface area contributed by atoms with Crippen molar-refractivity contribution in [2.24, 2.45) is 0 Å². The number of hydrogen-bond donors (Lipinski definition) is 2. The van der Waals surface area contributed by atoms with Gasteiger partial charge in [0.25, 0.3) is 0 Å². The number of carboxylic acid groups (broad SMARTS) is 2. The van der Waals surface area contributed by atoms with E-state index in [1.54, 1.807) is 18.2 Å². The van der Waals surface area contributed by atoms with E-state index in [1.807, 2.05) is 18.2 Å². The van der Waals surface area contributed by atoms with E-state index in [2.05, 4.69) is 0 Å². The second-order valence-electron chi connectivity index (χ2n) is 4.52. The molecular formula is C16H11ClO4. The van der Waals surface area contributed by atoms with Gasteiger partial charge in [0.15, 0.2) is 0 Å². The highest BCUT2D eigenvalue weighted by molar-refractivity contribution is 6.12. The van der Waals surface area contributed by atoms with Gasteiger partial charge in [-0.15, -0.1) is 12.4 Å². The van der Waals surface area contributed by atoms with Crippen molar-refractivity contribution in [1.82, 2.24) is 0 Å². The Balaban J connectivity index is 0.00000161. The fourth-order valence-corrected chi connectivity index (χ4v) is 2.42. The Hall–Kier alpha value is -2.59. The number of benzene rings is 3. The Labute approximate surface area is 126 Å². The van der Waals surface area contributed by atoms with Crippen molar-refractivity contribution in [1.29, 1.82) is 0 Å². The second kappa shape index (κ2) is 5.42. The normalized spacial score (nSPS) is 10.3. The van der Waals surface area contributed by atoms with Crippen LogP contribution in [0.4, 0.5) is 0 Å². The lowest BCUT2D eigenvalue weighted by Crippen LogP contribution is -1.99. The molecule has 0 fully saturated rings. The molecule has 2 N–H and O–H groups in total. The summed E-state index contributed by atoms with van der Waals surface area (Å²) in [6.07, 6.45) is 0. The quantitative estimate of drug-likeness (QED) is 0.706. The number of hydrogen-bond acceptors (Lipinski definition) is 2. The van der Waals surface area contributed by atoms with E-state index in [1.165, 1.54) is 12.1 Å². The van der Waals surface area contributed by atoms with Gasteiger partial charge in [0.2, 0.25) is 0 Å². The maximum absolute atomic E-state index is 11.3. The average Bonchev–Trinajstić information content (AvgIpc) is 2.43. The van der Waals surface area contributed by atoms with Crippen LogP contribution in [-0.2, 0) is 0 Å². The molecule has 0 atom stereocenters. The van der Waals surface area contributed by atoms with Crippen LogP contribution in [-0.4, -0.2) is 22.2 Å². The minimum absolute atomic E-state index is 0. The van der Waals surface area contributed by atoms with Gasteiger partial charge in [-0.1, -0.05) is 24.3 Å². The average molecular weight is 303 g/mol. The van der Waals surface area contributed by atoms with Crippen LogP contribution in [0.3, 0.4) is 0 Å². The Morgan fingerprint density at radius 3 is 1.52 bits per heavy atom. The molecule has 0 aliphatic heterocycles. The molecule has 0 heterocycles. The lowest BCUT2D eigenvalue weighted by molar-refractivity contribution is 0.0688. The highest BCUT2D eigenvalue weighted by atomic mass is 35.5. The Kier molecular flexibility index (Phi) is 3.82. The van der Waals surface area contributed by atoms with Crippen LogP contribution in [0.25, 0.3) is 21.5 Å². The van der Waals surface area contributed by atoms with E-state index in [-0.39, 0.29) is 23.5 Å². The first kappa shape index (κ1) is 14.8. The van der Waals surface area contributed by atoms with Gasteiger partial charge in [-0.05, 0) is 45.8 Å². The number of aromatic carboxylic acids is 2. The Bertz CT molecular complexity index is 802. The minimum atomic E-state index is -1.03. The molecule has 3 rings (SSSR count). The molecule has 4 nitrogen and oxygen atoms in total. The number of fused-ring (bicyclic) bond motifs is 2. The molecule has 21 heavy (non-hydrogen) atoms. The van der Waals surface area contributed by atoms with Gasteiger partial charge in [0.05, 0.1) is 11.1 Å². The molecule has 3 aromatic carbocycles. The summed E-state index contributed by atoms with van der Waals surface area (Å²) in [5, 5.41) is 21.1. The predicted octanol–water partition coefficient (Wildman–Crippen LogP) is 3.81. The SMILES string of the molecule is Cl.O=C(O)c1cccc2cc3cccc(C(=O)O)c3cc12. The van der Waals surface area contributed by atoms with E-state index in [9.17, 15) is 19.8 Å². The molecule has 0 bridgehead atoms. The van der Waals surface area contributed by atoms with Crippen LogP contribution in [0.5, 0.6) is 0 Å². The van der Waals surface area contributed by atoms with E-state index >= 15 is 0 Å². The molecule has 106 valence electrons. The van der Waals surface area contributed by atoms with Crippen LogP contribution in [0.15, 0.2) is 48.5 Å². The standard InChI is InChI=1S/C16H10O4.ClH/c17-15(18)11-5-1-3-9-7-10-4-2-6-12(16(19)20)14(10)8-13(9)11;/h1-8H,(H,17,18)(H,19,20);1H. The third kappa shape index (κ3) is 2.41. The van der Waals surface area contributed by atoms with Crippen molar-refractivity contribution in [3.63, 3.8) is 0 Å². The summed E-state index contributed by atoms with van der Waals surface area (Å²) >= 11 is 0. The highest BCUT2D eigenvalue weighted by Gasteiger charge is 2.12. The van der Waals surface area contributed by atoms with Crippen LogP contribution in [0.2, 0.25) is 0 Å². The molecule has 0 radical (unpaired) electrons. The summed E-state index contributed by atoms with van der Waals surface area (Å²) in [6, 6.07) is 13.5. The molecular weight excluding hydrogens is 292 g/mol. The van der Waals surface area contributed by atoms with Crippen molar-refractivity contribution in [2.75, 3.05) is 0 Å². The number of rotatable bonds is 2. The zero-order valence-electron chi connectivity index (χ0n) is 10.7. The maximum atomic E-state index is 11.3. The minimum Gasteiger partial charge on any atom is -0.478 e. The lowest BCUT2D eigenvalue weighted by Gasteiger charge is -2.07. The monoisotopic (exact) mass is 302 g/mol. The summed E-state index contributed by atoms with van der Waals surface area (Å²) in [7, 11) is 0. The first-order valence-electron chi connectivity index (χ1n) is 6.00. The Morgan fingerprint density at radius 1 is 0.714 bits per heavy atom. The molecule has 0 aromatic heterocycles. The molecule has 5 heteroatoms. The lowest BCUT2D eigenvalue weighted by atomic mass is 9.97. The van der Waals surface area contributed by atoms with Crippen molar-refractivity contribution in [2.45, 2.75) is 0 Å². The molecule has 3 aromatic rings. The maximum Gasteiger partial charge on any atom is 0.336 e. The zero-order valence-corrected chi connectivity index (χ0v) is 11.6. The molecule has 0 amide bonds. The van der Waals surface area contributed by atoms with Crippen molar-refractivity contribution in [3.8, 4) is 0 Å². The highest BCUT2D eigenvalue weighted by Crippen LogP contribution is 2.27. The van der Waals surface area contributed by atoms with Gasteiger partial charge in [0, 0.05) is 0 Å². The van der Waals surface area contributed by atoms with Crippen molar-refractivity contribution >= 4 is 45.9 Å². The van der Waals surface area contributed by atoms with E-state index in [4.69, 9.17) is 0 Å². The Morgan fingerprint density at radius 2 is 1.14 bits per heavy atom. The van der Waals surface area contributed by atoms with Crippen molar-refractivity contribution < 1.29 is 19.8 Å². The van der Waals surface area contributed by atoms with Crippen LogP contribution >= 0.6 is 12.4 Å². The van der Waals surface area contributed by atoms with Crippen molar-refractivity contribution in [3.05, 3.63) is 59.7 Å². The second-order valence-corrected chi connectivity index (χ2v) is 4.52. The first-order valence-corrected chi connectivity index (χ1v) is 6.00. The summed E-state index contributed by atoms with van der Waals surface area (Å²) in [6.45, 7) is 0. The molecule has 0 aliphatic carbocycles. The number of carbonyl (C=O) groups is 2. The van der Waals surface area contributed by atoms with Gasteiger partial charge in [-0.3, -0.25) is 0 Å². The van der Waals surface area contributed by atoms with E-state index < -0.39 is 11.9 Å². The van der Waals surface area contributed by atoms with Gasteiger partial charge in [-0.25, -0.2) is 9.59 Å². The van der Waals surface area contributed by atoms with Crippen LogP contribution in [0.1, 0.15) is 20.7 Å². The first-order chi connectivity index (χ1) is 9.58. The fraction of sp³-hybridized carbons (Fsp3) is 0. The van der Waals surface area contributed by atoms with E-state index in [0.29, 0.717) is 10.8 Å². The van der Waals surface area contributed by atoms with Gasteiger partial charge in [-0.2, -0.15) is 0 Å². The van der Waals surface area contributed by atoms with Gasteiger partial charge in [0.1, 0.15) is 0 Å². The summed E-state index contributed by atoms with van der Waals surface area (Å²) in [5.74, 6) is -2.05. The fourth-order valence-electron chi connectivity index (χ4n) is 2.42. The third-order valence-electron chi connectivity index (χ3n) is 3.34. The van der Waals surface area contributed by atoms with Crippen LogP contribution in [0, 0.1) is 0 Å². The summed E-state index contributed by atoms with van der Waals surface area (Å²) < 4.78 is 0. The molecule has 0 saturated carbocycles. The third-order valence-corrected chi connectivity index (χ3v) is 3.34. The molecule has 0 aliphatic rings. The van der Waals surface area contributed by atoms with E-state index in [0.717, 1.165) is 10.8 Å². The number of halogens is 1. The summed E-state index contributed by atoms with van der Waals surface area (Å²) in [5.41, 5.74) is 0.342. The molecule has 0 spiro atoms. The molecule has 0 saturated heterocycles. The van der Waals surface area contributed by atoms with Gasteiger partial charge >= 0.3 is 11.9 Å². The zero-order chi connectivity index (χ0) is 14.3. The predicted molar refractivity (Wildman–Crippen MR) is 82.6 cm³/mol. The smallest absolute Gasteiger partial charge is 0.336 e. The number of carboxylic acids is 2. The van der Waals surface area contributed by atoms with Crippen LogP contribution < -0.4 is 0 Å². The topological polar surface area (TPSA) is 74.6 Å². The summed E-state index contributed by atoms with van der Waals surface area (Å²) in [4.78, 5) is 22.5.